The molecule has 1 unspecified atom stereocenters. The van der Waals surface area contributed by atoms with Gasteiger partial charge >= 0.3 is 0 Å². The normalized spacial score (nSPS) is 20.0. The topological polar surface area (TPSA) is 112 Å². The fraction of sp³-hybridized carbons (Fsp3) is 0.550. The Morgan fingerprint density at radius 1 is 1.17 bits per heavy atom. The Hall–Kier alpha value is -2.59. The van der Waals surface area contributed by atoms with Crippen LogP contribution in [0.25, 0.3) is 0 Å². The molecule has 10 heteroatoms. The van der Waals surface area contributed by atoms with Crippen molar-refractivity contribution in [3.63, 3.8) is 0 Å². The van der Waals surface area contributed by atoms with Gasteiger partial charge in [0.1, 0.15) is 4.88 Å². The molecule has 0 aromatic carbocycles. The van der Waals surface area contributed by atoms with E-state index in [0.717, 1.165) is 57.4 Å². The molecule has 4 heterocycles. The van der Waals surface area contributed by atoms with E-state index in [0.29, 0.717) is 15.8 Å². The number of amides is 2. The molecule has 2 amide bonds. The first-order valence-corrected chi connectivity index (χ1v) is 11.2. The molecule has 0 bridgehead atoms. The maximum absolute atomic E-state index is 12.7. The summed E-state index contributed by atoms with van der Waals surface area (Å²) < 4.78 is 0. The number of likely N-dealkylation sites (tertiary alicyclic amines) is 1. The minimum atomic E-state index is -0.162. The van der Waals surface area contributed by atoms with Crippen molar-refractivity contribution in [2.24, 2.45) is 0 Å². The number of aromatic nitrogens is 3. The molecule has 30 heavy (non-hydrogen) atoms. The molecule has 0 saturated carbocycles. The SMILES string of the molecule is CNC(=O)c1cnc(Nc2cncc(C3CCN(C(=O)C4CCCCN4)CC3)n2)s1. The van der Waals surface area contributed by atoms with Gasteiger partial charge in [-0.1, -0.05) is 17.8 Å². The van der Waals surface area contributed by atoms with Gasteiger partial charge in [0.15, 0.2) is 10.9 Å². The van der Waals surface area contributed by atoms with E-state index in [9.17, 15) is 9.59 Å². The quantitative estimate of drug-likeness (QED) is 0.665. The minimum Gasteiger partial charge on any atom is -0.354 e. The molecular weight excluding hydrogens is 402 g/mol. The van der Waals surface area contributed by atoms with Crippen LogP contribution in [-0.2, 0) is 4.79 Å². The summed E-state index contributed by atoms with van der Waals surface area (Å²) in [5.74, 6) is 0.964. The van der Waals surface area contributed by atoms with Crippen molar-refractivity contribution < 1.29 is 9.59 Å². The van der Waals surface area contributed by atoms with Gasteiger partial charge in [0.2, 0.25) is 5.91 Å². The molecule has 2 saturated heterocycles. The number of anilines is 2. The van der Waals surface area contributed by atoms with Crippen molar-refractivity contribution in [3.8, 4) is 0 Å². The summed E-state index contributed by atoms with van der Waals surface area (Å²) in [4.78, 5) is 40.2. The molecule has 2 aromatic rings. The average molecular weight is 430 g/mol. The first-order valence-electron chi connectivity index (χ1n) is 10.4. The number of carbonyl (C=O) groups excluding carboxylic acids is 2. The Labute approximate surface area is 179 Å². The summed E-state index contributed by atoms with van der Waals surface area (Å²) in [6.07, 6.45) is 9.98. The molecule has 9 nitrogen and oxygen atoms in total. The summed E-state index contributed by atoms with van der Waals surface area (Å²) in [6.45, 7) is 2.44. The lowest BCUT2D eigenvalue weighted by Gasteiger charge is -2.35. The summed E-state index contributed by atoms with van der Waals surface area (Å²) in [6, 6.07) is -0.0133. The number of rotatable bonds is 5. The van der Waals surface area contributed by atoms with E-state index in [1.807, 2.05) is 4.90 Å². The van der Waals surface area contributed by atoms with Crippen LogP contribution in [0.2, 0.25) is 0 Å². The molecule has 2 fully saturated rings. The lowest BCUT2D eigenvalue weighted by atomic mass is 9.93. The second-order valence-electron chi connectivity index (χ2n) is 7.67. The highest BCUT2D eigenvalue weighted by Gasteiger charge is 2.30. The van der Waals surface area contributed by atoms with Gasteiger partial charge in [0.25, 0.3) is 5.91 Å². The van der Waals surface area contributed by atoms with E-state index in [2.05, 4.69) is 25.9 Å². The average Bonchev–Trinajstić information content (AvgIpc) is 3.27. The maximum atomic E-state index is 12.7. The number of carbonyl (C=O) groups is 2. The van der Waals surface area contributed by atoms with Crippen LogP contribution in [0.15, 0.2) is 18.6 Å². The number of hydrogen-bond donors (Lipinski definition) is 3. The van der Waals surface area contributed by atoms with Crippen LogP contribution in [0, 0.1) is 0 Å². The monoisotopic (exact) mass is 429 g/mol. The van der Waals surface area contributed by atoms with Gasteiger partial charge in [-0.15, -0.1) is 0 Å². The predicted octanol–water partition coefficient (Wildman–Crippen LogP) is 1.88. The van der Waals surface area contributed by atoms with Crippen molar-refractivity contribution in [2.45, 2.75) is 44.1 Å². The van der Waals surface area contributed by atoms with Crippen molar-refractivity contribution in [1.82, 2.24) is 30.5 Å². The zero-order valence-electron chi connectivity index (χ0n) is 17.1. The van der Waals surface area contributed by atoms with Gasteiger partial charge in [-0.05, 0) is 32.2 Å². The Morgan fingerprint density at radius 3 is 2.73 bits per heavy atom. The van der Waals surface area contributed by atoms with Crippen LogP contribution >= 0.6 is 11.3 Å². The smallest absolute Gasteiger partial charge is 0.262 e. The molecule has 2 aliphatic rings. The predicted molar refractivity (Wildman–Crippen MR) is 115 cm³/mol. The third-order valence-electron chi connectivity index (χ3n) is 5.68. The summed E-state index contributed by atoms with van der Waals surface area (Å²) in [5.41, 5.74) is 0.922. The zero-order chi connectivity index (χ0) is 20.9. The maximum Gasteiger partial charge on any atom is 0.262 e. The Balaban J connectivity index is 1.35. The summed E-state index contributed by atoms with van der Waals surface area (Å²) >= 11 is 1.27. The van der Waals surface area contributed by atoms with Crippen LogP contribution in [0.3, 0.4) is 0 Å². The molecule has 2 aromatic heterocycles. The highest BCUT2D eigenvalue weighted by atomic mass is 32.1. The standard InChI is InChI=1S/C20H27N7O2S/c1-21-18(28)16-11-24-20(30-16)26-17-12-22-10-15(25-17)13-5-8-27(9-6-13)19(29)14-4-2-3-7-23-14/h10-14,23H,2-9H2,1H3,(H,21,28)(H,24,25,26). The summed E-state index contributed by atoms with van der Waals surface area (Å²) in [7, 11) is 1.59. The number of nitrogens with zero attached hydrogens (tertiary/aromatic N) is 4. The molecule has 1 atom stereocenters. The second kappa shape index (κ2) is 9.48. The number of thiazole rings is 1. The number of hydrogen-bond acceptors (Lipinski definition) is 8. The second-order valence-corrected chi connectivity index (χ2v) is 8.70. The van der Waals surface area contributed by atoms with E-state index in [1.54, 1.807) is 19.4 Å². The largest absolute Gasteiger partial charge is 0.354 e. The molecule has 2 aliphatic heterocycles. The third-order valence-corrected chi connectivity index (χ3v) is 6.59. The van der Waals surface area contributed by atoms with Crippen LogP contribution in [0.5, 0.6) is 0 Å². The van der Waals surface area contributed by atoms with E-state index >= 15 is 0 Å². The molecular formula is C20H27N7O2S. The van der Waals surface area contributed by atoms with E-state index in [4.69, 9.17) is 4.98 Å². The fourth-order valence-corrected chi connectivity index (χ4v) is 4.76. The Morgan fingerprint density at radius 2 is 2.00 bits per heavy atom. The fourth-order valence-electron chi connectivity index (χ4n) is 3.99. The first kappa shape index (κ1) is 20.7. The van der Waals surface area contributed by atoms with Crippen molar-refractivity contribution in [1.29, 1.82) is 0 Å². The Bertz CT molecular complexity index is 889. The van der Waals surface area contributed by atoms with E-state index in [1.165, 1.54) is 17.5 Å². The van der Waals surface area contributed by atoms with Crippen LogP contribution in [0.4, 0.5) is 10.9 Å². The summed E-state index contributed by atoms with van der Waals surface area (Å²) in [5, 5.41) is 9.67. The molecule has 0 spiro atoms. The highest BCUT2D eigenvalue weighted by Crippen LogP contribution is 2.28. The number of nitrogens with one attached hydrogen (secondary N) is 3. The first-order chi connectivity index (χ1) is 14.6. The number of piperidine rings is 2. The van der Waals surface area contributed by atoms with Crippen molar-refractivity contribution >= 4 is 34.1 Å². The van der Waals surface area contributed by atoms with Crippen molar-refractivity contribution in [2.75, 3.05) is 32.0 Å². The third kappa shape index (κ3) is 4.76. The zero-order valence-corrected chi connectivity index (χ0v) is 17.9. The van der Waals surface area contributed by atoms with Crippen LogP contribution in [-0.4, -0.2) is 64.4 Å². The van der Waals surface area contributed by atoms with Gasteiger partial charge in [0.05, 0.1) is 24.1 Å². The van der Waals surface area contributed by atoms with E-state index < -0.39 is 0 Å². The van der Waals surface area contributed by atoms with Gasteiger partial charge in [0, 0.05) is 32.3 Å². The van der Waals surface area contributed by atoms with Crippen molar-refractivity contribution in [3.05, 3.63) is 29.2 Å². The van der Waals surface area contributed by atoms with Gasteiger partial charge in [-0.2, -0.15) is 0 Å². The molecule has 3 N–H and O–H groups in total. The molecule has 160 valence electrons. The highest BCUT2D eigenvalue weighted by molar-refractivity contribution is 7.17. The van der Waals surface area contributed by atoms with Crippen LogP contribution < -0.4 is 16.0 Å². The lowest BCUT2D eigenvalue weighted by molar-refractivity contribution is -0.135. The van der Waals surface area contributed by atoms with Crippen LogP contribution in [0.1, 0.15) is 53.4 Å². The van der Waals surface area contributed by atoms with Gasteiger partial charge in [-0.3, -0.25) is 14.6 Å². The van der Waals surface area contributed by atoms with Gasteiger partial charge in [-0.25, -0.2) is 9.97 Å². The molecule has 4 rings (SSSR count). The Kier molecular flexibility index (Phi) is 6.53. The van der Waals surface area contributed by atoms with E-state index in [-0.39, 0.29) is 23.8 Å². The minimum absolute atomic E-state index is 0.0133. The lowest BCUT2D eigenvalue weighted by Crippen LogP contribution is -2.50. The van der Waals surface area contributed by atoms with Gasteiger partial charge < -0.3 is 20.9 Å². The molecule has 0 radical (unpaired) electrons. The molecule has 0 aliphatic carbocycles.